The Labute approximate surface area is 271 Å². The molecule has 0 spiro atoms. The summed E-state index contributed by atoms with van der Waals surface area (Å²) in [7, 11) is 0. The van der Waals surface area contributed by atoms with Crippen molar-refractivity contribution in [1.29, 1.82) is 0 Å². The maximum Gasteiger partial charge on any atom is 0.346 e. The van der Waals surface area contributed by atoms with Gasteiger partial charge in [0.25, 0.3) is 0 Å². The summed E-state index contributed by atoms with van der Waals surface area (Å²) in [5.74, 6) is 0.721. The van der Waals surface area contributed by atoms with Crippen molar-refractivity contribution >= 4 is 44.9 Å². The van der Waals surface area contributed by atoms with E-state index in [9.17, 15) is 15.0 Å². The van der Waals surface area contributed by atoms with Crippen LogP contribution in [0.5, 0.6) is 5.75 Å². The number of anilines is 1. The van der Waals surface area contributed by atoms with Gasteiger partial charge in [-0.05, 0) is 97.0 Å². The number of aromatic carboxylic acids is 1. The summed E-state index contributed by atoms with van der Waals surface area (Å²) in [4.78, 5) is 20.0. The van der Waals surface area contributed by atoms with Gasteiger partial charge in [0, 0.05) is 28.9 Å². The van der Waals surface area contributed by atoms with Crippen LogP contribution in [0.15, 0.2) is 72.8 Å². The normalized spacial score (nSPS) is 17.6. The van der Waals surface area contributed by atoms with Crippen molar-refractivity contribution in [3.8, 4) is 28.3 Å². The van der Waals surface area contributed by atoms with Gasteiger partial charge in [0.2, 0.25) is 0 Å². The Kier molecular flexibility index (Phi) is 8.53. The van der Waals surface area contributed by atoms with Crippen molar-refractivity contribution in [2.24, 2.45) is 0 Å². The minimum absolute atomic E-state index is 0.302. The Morgan fingerprint density at radius 2 is 1.64 bits per heavy atom. The van der Waals surface area contributed by atoms with Gasteiger partial charge >= 0.3 is 5.97 Å². The maximum absolute atomic E-state index is 11.7. The van der Waals surface area contributed by atoms with Crippen LogP contribution in [0.3, 0.4) is 0 Å². The molecule has 1 unspecified atom stereocenters. The molecule has 1 saturated carbocycles. The fourth-order valence-electron chi connectivity index (χ4n) is 6.75. The summed E-state index contributed by atoms with van der Waals surface area (Å²) in [6, 6.07) is 24.2. The molecule has 1 atom stereocenters. The van der Waals surface area contributed by atoms with Gasteiger partial charge < -0.3 is 24.4 Å². The zero-order valence-electron chi connectivity index (χ0n) is 25.0. The molecule has 2 aliphatic rings. The second kappa shape index (κ2) is 12.9. The Bertz CT molecular complexity index is 1810. The number of carboxylic acids is 1. The van der Waals surface area contributed by atoms with Gasteiger partial charge in [-0.3, -0.25) is 0 Å². The zero-order valence-corrected chi connectivity index (χ0v) is 26.6. The zero-order chi connectivity index (χ0) is 30.9. The number of aliphatic hydroxyl groups excluding tert-OH is 1. The number of benzene rings is 3. The number of thiophene rings is 1. The number of carbonyl (C=O) groups is 1. The van der Waals surface area contributed by atoms with E-state index in [0.717, 1.165) is 82.1 Å². The smallest absolute Gasteiger partial charge is 0.346 e. The molecule has 45 heavy (non-hydrogen) atoms. The van der Waals surface area contributed by atoms with Crippen molar-refractivity contribution in [3.63, 3.8) is 0 Å². The minimum Gasteiger partial charge on any atom is -0.489 e. The number of imidazole rings is 1. The number of hydrogen-bond acceptors (Lipinski definition) is 6. The summed E-state index contributed by atoms with van der Waals surface area (Å²) >= 11 is 7.49. The number of hydrogen-bond donors (Lipinski definition) is 2. The van der Waals surface area contributed by atoms with E-state index in [0.29, 0.717) is 22.5 Å². The van der Waals surface area contributed by atoms with E-state index in [1.807, 2.05) is 53.4 Å². The molecule has 2 fully saturated rings. The predicted octanol–water partition coefficient (Wildman–Crippen LogP) is 9.18. The summed E-state index contributed by atoms with van der Waals surface area (Å²) in [6.07, 6.45) is 8.23. The number of nitrogens with zero attached hydrogens (tertiary/aromatic N) is 3. The van der Waals surface area contributed by atoms with Crippen LogP contribution in [0.25, 0.3) is 32.9 Å². The van der Waals surface area contributed by atoms with Gasteiger partial charge in [-0.25, -0.2) is 9.78 Å². The van der Waals surface area contributed by atoms with Crippen LogP contribution in [0.2, 0.25) is 5.02 Å². The molecule has 7 nitrogen and oxygen atoms in total. The fraction of sp³-hybridized carbons (Fsp3) is 0.333. The van der Waals surface area contributed by atoms with Crippen LogP contribution in [0.4, 0.5) is 5.69 Å². The lowest BCUT2D eigenvalue weighted by atomic mass is 9.99. The monoisotopic (exact) mass is 641 g/mol. The molecule has 2 N–H and O–H groups in total. The molecule has 3 heterocycles. The standard InChI is InChI=1S/C36H36ClN3O4S/c37-26-13-9-23(10-14-26)30-18-15-28(39-19-5-8-33(39)41)20-25(30)22-44-29-16-11-24(12-17-29)34-38-31-21-32(36(42)43)45-35(31)40(34)27-6-3-1-2-4-7-27/h9-18,20-21,27,33,41H,1-8,19,22H2,(H,42,43). The van der Waals surface area contributed by atoms with E-state index < -0.39 is 12.2 Å². The van der Waals surface area contributed by atoms with Gasteiger partial charge in [0.05, 0.1) is 0 Å². The lowest BCUT2D eigenvalue weighted by Crippen LogP contribution is -2.28. The van der Waals surface area contributed by atoms with E-state index in [1.54, 1.807) is 6.07 Å². The highest BCUT2D eigenvalue weighted by Crippen LogP contribution is 2.39. The van der Waals surface area contributed by atoms with Gasteiger partial charge in [0.1, 0.15) is 39.6 Å². The molecular weight excluding hydrogens is 606 g/mol. The number of fused-ring (bicyclic) bond motifs is 1. The first-order valence-electron chi connectivity index (χ1n) is 15.8. The first-order valence-corrected chi connectivity index (χ1v) is 17.0. The van der Waals surface area contributed by atoms with Crippen LogP contribution < -0.4 is 9.64 Å². The van der Waals surface area contributed by atoms with Crippen LogP contribution in [-0.2, 0) is 6.61 Å². The molecule has 0 radical (unpaired) electrons. The van der Waals surface area contributed by atoms with E-state index in [1.165, 1.54) is 37.0 Å². The Morgan fingerprint density at radius 3 is 2.33 bits per heavy atom. The molecule has 9 heteroatoms. The van der Waals surface area contributed by atoms with Crippen molar-refractivity contribution < 1.29 is 19.7 Å². The Balaban J connectivity index is 1.17. The summed E-state index contributed by atoms with van der Waals surface area (Å²) < 4.78 is 8.66. The largest absolute Gasteiger partial charge is 0.489 e. The van der Waals surface area contributed by atoms with Gasteiger partial charge in [-0.1, -0.05) is 55.5 Å². The highest BCUT2D eigenvalue weighted by atomic mass is 35.5. The molecular formula is C36H36ClN3O4S. The lowest BCUT2D eigenvalue weighted by molar-refractivity contribution is 0.0702. The third-order valence-electron chi connectivity index (χ3n) is 9.07. The quantitative estimate of drug-likeness (QED) is 0.164. The molecule has 232 valence electrons. The third-order valence-corrected chi connectivity index (χ3v) is 10.4. The van der Waals surface area contributed by atoms with Gasteiger partial charge in [0.15, 0.2) is 0 Å². The highest BCUT2D eigenvalue weighted by Gasteiger charge is 2.25. The van der Waals surface area contributed by atoms with Crippen molar-refractivity contribution in [1.82, 2.24) is 9.55 Å². The molecule has 2 aromatic heterocycles. The Hall–Kier alpha value is -3.85. The SMILES string of the molecule is O=C(O)c1cc2nc(-c3ccc(OCc4cc(N5CCCC5O)ccc4-c4ccc(Cl)cc4)cc3)n(C3CCCCCC3)c2s1. The van der Waals surface area contributed by atoms with Crippen molar-refractivity contribution in [2.45, 2.75) is 70.2 Å². The van der Waals surface area contributed by atoms with Crippen LogP contribution in [0, 0.1) is 0 Å². The second-order valence-electron chi connectivity index (χ2n) is 12.0. The molecule has 7 rings (SSSR count). The molecule has 5 aromatic rings. The molecule has 3 aromatic carbocycles. The fourth-order valence-corrected chi connectivity index (χ4v) is 7.89. The lowest BCUT2D eigenvalue weighted by Gasteiger charge is -2.24. The number of halogens is 1. The molecule has 1 saturated heterocycles. The van der Waals surface area contributed by atoms with Crippen LogP contribution in [0.1, 0.15) is 72.6 Å². The topological polar surface area (TPSA) is 87.8 Å². The van der Waals surface area contributed by atoms with E-state index in [4.69, 9.17) is 21.3 Å². The summed E-state index contributed by atoms with van der Waals surface area (Å²) in [5, 5.41) is 20.8. The molecule has 1 aliphatic carbocycles. The number of rotatable bonds is 8. The van der Waals surface area contributed by atoms with Crippen LogP contribution in [-0.4, -0.2) is 38.5 Å². The molecule has 0 bridgehead atoms. The average molecular weight is 642 g/mol. The first kappa shape index (κ1) is 29.8. The third kappa shape index (κ3) is 6.19. The number of aromatic nitrogens is 2. The van der Waals surface area contributed by atoms with E-state index >= 15 is 0 Å². The van der Waals surface area contributed by atoms with Crippen molar-refractivity contribution in [2.75, 3.05) is 11.4 Å². The van der Waals surface area contributed by atoms with E-state index in [2.05, 4.69) is 22.8 Å². The van der Waals surface area contributed by atoms with Gasteiger partial charge in [-0.2, -0.15) is 0 Å². The number of carboxylic acid groups (broad SMARTS) is 1. The highest BCUT2D eigenvalue weighted by molar-refractivity contribution is 7.20. The van der Waals surface area contributed by atoms with Gasteiger partial charge in [-0.15, -0.1) is 11.3 Å². The van der Waals surface area contributed by atoms with Crippen molar-refractivity contribution in [3.05, 3.63) is 88.3 Å². The number of aliphatic hydroxyl groups is 1. The number of ether oxygens (including phenoxy) is 1. The van der Waals surface area contributed by atoms with E-state index in [-0.39, 0.29) is 0 Å². The molecule has 1 aliphatic heterocycles. The minimum atomic E-state index is -0.908. The second-order valence-corrected chi connectivity index (χ2v) is 13.5. The maximum atomic E-state index is 11.7. The average Bonchev–Trinajstić information content (AvgIpc) is 3.69. The predicted molar refractivity (Wildman–Crippen MR) is 181 cm³/mol. The summed E-state index contributed by atoms with van der Waals surface area (Å²) in [6.45, 7) is 1.19. The van der Waals surface area contributed by atoms with Crippen LogP contribution >= 0.6 is 22.9 Å². The molecule has 0 amide bonds. The summed E-state index contributed by atoms with van der Waals surface area (Å²) in [5.41, 5.74) is 5.86. The first-order chi connectivity index (χ1) is 21.9. The Morgan fingerprint density at radius 1 is 0.911 bits per heavy atom.